The van der Waals surface area contributed by atoms with Crippen LogP contribution < -0.4 is 4.90 Å². The van der Waals surface area contributed by atoms with Crippen molar-refractivity contribution in [2.45, 2.75) is 33.0 Å². The van der Waals surface area contributed by atoms with Crippen LogP contribution in [0.3, 0.4) is 0 Å². The van der Waals surface area contributed by atoms with Crippen molar-refractivity contribution >= 4 is 46.8 Å². The monoisotopic (exact) mass is 518 g/mol. The quantitative estimate of drug-likeness (QED) is 0.390. The molecule has 3 rings (SSSR count). The van der Waals surface area contributed by atoms with Crippen molar-refractivity contribution in [1.82, 2.24) is 0 Å². The van der Waals surface area contributed by atoms with Crippen molar-refractivity contribution < 1.29 is 37.8 Å². The van der Waals surface area contributed by atoms with Crippen LogP contribution in [0.5, 0.6) is 0 Å². The van der Waals surface area contributed by atoms with Gasteiger partial charge in [-0.05, 0) is 30.3 Å². The molecule has 11 heteroatoms. The van der Waals surface area contributed by atoms with E-state index in [1.807, 2.05) is 0 Å². The zero-order valence-corrected chi connectivity index (χ0v) is 20.6. The Morgan fingerprint density at radius 2 is 1.67 bits per heavy atom. The molecule has 0 saturated heterocycles. The van der Waals surface area contributed by atoms with E-state index in [0.29, 0.717) is 16.3 Å². The first-order valence-corrected chi connectivity index (χ1v) is 11.3. The van der Waals surface area contributed by atoms with E-state index in [0.717, 1.165) is 13.8 Å². The van der Waals surface area contributed by atoms with Crippen LogP contribution in [0.15, 0.2) is 47.5 Å². The lowest BCUT2D eigenvalue weighted by atomic mass is 9.99. The van der Waals surface area contributed by atoms with E-state index in [1.165, 1.54) is 30.0 Å². The second-order valence-corrected chi connectivity index (χ2v) is 8.35. The molecule has 0 saturated carbocycles. The van der Waals surface area contributed by atoms with Crippen molar-refractivity contribution in [3.63, 3.8) is 0 Å². The summed E-state index contributed by atoms with van der Waals surface area (Å²) in [5, 5.41) is 0.330. The van der Waals surface area contributed by atoms with Gasteiger partial charge in [-0.25, -0.2) is 4.39 Å². The first kappa shape index (κ1) is 26.8. The Morgan fingerprint density at radius 3 is 2.31 bits per heavy atom. The van der Waals surface area contributed by atoms with Gasteiger partial charge in [0.25, 0.3) is 0 Å². The maximum atomic E-state index is 14.7. The smallest absolute Gasteiger partial charge is 0.303 e. The van der Waals surface area contributed by atoms with E-state index in [2.05, 4.69) is 4.99 Å². The van der Waals surface area contributed by atoms with Gasteiger partial charge < -0.3 is 19.1 Å². The van der Waals surface area contributed by atoms with E-state index < -0.39 is 48.4 Å². The number of fused-ring (bicyclic) bond motifs is 1. The molecule has 2 unspecified atom stereocenters. The molecular weight excluding hydrogens is 495 g/mol. The number of hydrogen-bond acceptors (Lipinski definition) is 8. The van der Waals surface area contributed by atoms with Gasteiger partial charge in [-0.15, -0.1) is 0 Å². The molecule has 0 N–H and O–H groups in total. The van der Waals surface area contributed by atoms with Crippen LogP contribution in [0.1, 0.15) is 31.9 Å². The Bertz CT molecular complexity index is 1220. The highest BCUT2D eigenvalue weighted by atomic mass is 35.5. The minimum Gasteiger partial charge on any atom is -0.462 e. The number of amides is 1. The molecule has 0 bridgehead atoms. The topological polar surface area (TPSA) is 112 Å². The molecule has 1 aliphatic rings. The van der Waals surface area contributed by atoms with Crippen LogP contribution in [-0.2, 0) is 33.4 Å². The van der Waals surface area contributed by atoms with Crippen molar-refractivity contribution in [1.29, 1.82) is 0 Å². The summed E-state index contributed by atoms with van der Waals surface area (Å²) < 4.78 is 30.3. The van der Waals surface area contributed by atoms with E-state index >= 15 is 0 Å². The molecule has 0 fully saturated rings. The van der Waals surface area contributed by atoms with Gasteiger partial charge in [0.05, 0.1) is 17.9 Å². The number of hydrogen-bond donors (Lipinski definition) is 0. The summed E-state index contributed by atoms with van der Waals surface area (Å²) in [6.07, 6.45) is -2.40. The molecule has 1 heterocycles. The second-order valence-electron chi connectivity index (χ2n) is 7.91. The molecule has 0 aromatic heterocycles. The predicted octanol–water partition coefficient (Wildman–Crippen LogP) is 3.09. The Hall–Kier alpha value is -3.79. The number of nitrogens with zero attached hydrogens (tertiary/aromatic N) is 2. The van der Waals surface area contributed by atoms with E-state index in [1.54, 1.807) is 24.3 Å². The molecule has 2 atom stereocenters. The maximum Gasteiger partial charge on any atom is 0.303 e. The SMILES string of the molecule is CC(=O)OCC(OC(C)=O)C(CN1C(=O)CN=C(c2ccccc2F)c2cc(Cl)ccc21)OC(C)=O. The normalized spacial score (nSPS) is 14.6. The Labute approximate surface area is 211 Å². The van der Waals surface area contributed by atoms with E-state index in [9.17, 15) is 23.6 Å². The zero-order chi connectivity index (χ0) is 26.4. The molecule has 1 aliphatic heterocycles. The van der Waals surface area contributed by atoms with Crippen LogP contribution in [0.25, 0.3) is 0 Å². The summed E-state index contributed by atoms with van der Waals surface area (Å²) in [6.45, 7) is 2.46. The highest BCUT2D eigenvalue weighted by Gasteiger charge is 2.35. The van der Waals surface area contributed by atoms with Crippen molar-refractivity contribution in [2.24, 2.45) is 4.99 Å². The predicted molar refractivity (Wildman–Crippen MR) is 128 cm³/mol. The van der Waals surface area contributed by atoms with Crippen LogP contribution in [0, 0.1) is 5.82 Å². The average molecular weight is 519 g/mol. The lowest BCUT2D eigenvalue weighted by molar-refractivity contribution is -0.172. The van der Waals surface area contributed by atoms with Crippen molar-refractivity contribution in [2.75, 3.05) is 24.6 Å². The molecule has 1 amide bonds. The third kappa shape index (κ3) is 6.66. The summed E-state index contributed by atoms with van der Waals surface area (Å²) in [5.41, 5.74) is 1.11. The Balaban J connectivity index is 2.06. The van der Waals surface area contributed by atoms with E-state index in [-0.39, 0.29) is 24.4 Å². The number of halogens is 2. The van der Waals surface area contributed by atoms with Crippen molar-refractivity contribution in [3.8, 4) is 0 Å². The molecule has 9 nitrogen and oxygen atoms in total. The third-order valence-corrected chi connectivity index (χ3v) is 5.40. The summed E-state index contributed by atoms with van der Waals surface area (Å²) in [7, 11) is 0. The van der Waals surface area contributed by atoms with Gasteiger partial charge in [-0.3, -0.25) is 24.2 Å². The summed E-state index contributed by atoms with van der Waals surface area (Å²) in [6, 6.07) is 10.7. The van der Waals surface area contributed by atoms with Gasteiger partial charge >= 0.3 is 17.9 Å². The van der Waals surface area contributed by atoms with Crippen LogP contribution in [-0.4, -0.2) is 61.4 Å². The number of carbonyl (C=O) groups excluding carboxylic acids is 4. The fourth-order valence-electron chi connectivity index (χ4n) is 3.72. The molecule has 2 aromatic rings. The lowest BCUT2D eigenvalue weighted by Gasteiger charge is -2.31. The minimum absolute atomic E-state index is 0.180. The standard InChI is InChI=1S/C25H24ClFN2O7/c1-14(30)34-13-23(36-16(3)32)22(35-15(2)31)12-29-21-9-8-17(26)10-19(21)25(28-11-24(29)33)18-6-4-5-7-20(18)27/h4-10,22-23H,11-13H2,1-3H3. The van der Waals surface area contributed by atoms with Gasteiger partial charge in [0, 0.05) is 36.9 Å². The molecule has 0 aliphatic carbocycles. The summed E-state index contributed by atoms with van der Waals surface area (Å²) >= 11 is 6.23. The van der Waals surface area contributed by atoms with Crippen LogP contribution in [0.2, 0.25) is 5.02 Å². The fourth-order valence-corrected chi connectivity index (χ4v) is 3.89. The number of benzene rings is 2. The number of carbonyl (C=O) groups is 4. The second kappa shape index (κ2) is 11.8. The van der Waals surface area contributed by atoms with Gasteiger partial charge in [0.2, 0.25) is 5.91 Å². The molecular formula is C25H24ClFN2O7. The van der Waals surface area contributed by atoms with Crippen LogP contribution >= 0.6 is 11.6 Å². The van der Waals surface area contributed by atoms with E-state index in [4.69, 9.17) is 25.8 Å². The van der Waals surface area contributed by atoms with Gasteiger partial charge in [-0.1, -0.05) is 23.7 Å². The molecule has 2 aromatic carbocycles. The number of anilines is 1. The van der Waals surface area contributed by atoms with Gasteiger partial charge in [0.15, 0.2) is 12.2 Å². The average Bonchev–Trinajstić information content (AvgIpc) is 2.92. The number of aliphatic imine (C=N–C) groups is 1. The Kier molecular flexibility index (Phi) is 8.76. The summed E-state index contributed by atoms with van der Waals surface area (Å²) in [4.78, 5) is 53.8. The molecule has 0 radical (unpaired) electrons. The molecule has 190 valence electrons. The van der Waals surface area contributed by atoms with Gasteiger partial charge in [-0.2, -0.15) is 0 Å². The zero-order valence-electron chi connectivity index (χ0n) is 19.8. The first-order chi connectivity index (χ1) is 17.1. The number of ether oxygens (including phenoxy) is 3. The number of benzodiazepines with no additional fused rings is 1. The third-order valence-electron chi connectivity index (χ3n) is 5.17. The molecule has 36 heavy (non-hydrogen) atoms. The number of esters is 3. The van der Waals surface area contributed by atoms with Gasteiger partial charge in [0.1, 0.15) is 19.0 Å². The maximum absolute atomic E-state index is 14.7. The summed E-state index contributed by atoms with van der Waals surface area (Å²) in [5.74, 6) is -3.07. The van der Waals surface area contributed by atoms with Crippen LogP contribution in [0.4, 0.5) is 10.1 Å². The Morgan fingerprint density at radius 1 is 1.00 bits per heavy atom. The number of rotatable bonds is 8. The fraction of sp³-hybridized carbons (Fsp3) is 0.320. The highest BCUT2D eigenvalue weighted by Crippen LogP contribution is 2.31. The largest absolute Gasteiger partial charge is 0.462 e. The lowest BCUT2D eigenvalue weighted by Crippen LogP contribution is -2.48. The minimum atomic E-state index is -1.20. The highest BCUT2D eigenvalue weighted by molar-refractivity contribution is 6.32. The molecule has 0 spiro atoms. The first-order valence-electron chi connectivity index (χ1n) is 10.9. The van der Waals surface area contributed by atoms with Crippen molar-refractivity contribution in [3.05, 3.63) is 64.4 Å².